The smallest absolute Gasteiger partial charge is 0.329 e. The maximum Gasteiger partial charge on any atom is 0.329 e. The zero-order valence-electron chi connectivity index (χ0n) is 12.6. The Kier molecular flexibility index (Phi) is 4.09. The highest BCUT2D eigenvalue weighted by molar-refractivity contribution is 5.86. The van der Waals surface area contributed by atoms with Crippen molar-refractivity contribution in [3.05, 3.63) is 0 Å². The minimum Gasteiger partial charge on any atom is -0.480 e. The largest absolute Gasteiger partial charge is 0.480 e. The van der Waals surface area contributed by atoms with Crippen LogP contribution in [0.25, 0.3) is 0 Å². The number of hydrogen-bond donors (Lipinski definition) is 2. The molecule has 0 aromatic heterocycles. The van der Waals surface area contributed by atoms with Gasteiger partial charge in [0, 0.05) is 12.6 Å². The third kappa shape index (κ3) is 2.74. The zero-order chi connectivity index (χ0) is 14.9. The quantitative estimate of drug-likeness (QED) is 0.822. The molecule has 0 bridgehead atoms. The van der Waals surface area contributed by atoms with Gasteiger partial charge in [-0.2, -0.15) is 0 Å². The Bertz CT molecular complexity index is 418. The number of rotatable bonds is 2. The van der Waals surface area contributed by atoms with Gasteiger partial charge >= 0.3 is 12.0 Å². The molecule has 2 amide bonds. The van der Waals surface area contributed by atoms with Gasteiger partial charge in [0.05, 0.1) is 0 Å². The molecule has 5 heteroatoms. The van der Waals surface area contributed by atoms with E-state index in [2.05, 4.69) is 5.32 Å². The highest BCUT2D eigenvalue weighted by Crippen LogP contribution is 2.37. The molecule has 2 aliphatic carbocycles. The number of piperidine rings is 1. The van der Waals surface area contributed by atoms with Crippen molar-refractivity contribution in [2.24, 2.45) is 5.92 Å². The highest BCUT2D eigenvalue weighted by atomic mass is 16.4. The number of aliphatic carboxylic acids is 1. The Morgan fingerprint density at radius 3 is 2.43 bits per heavy atom. The normalized spacial score (nSPS) is 31.5. The summed E-state index contributed by atoms with van der Waals surface area (Å²) >= 11 is 0. The minimum absolute atomic E-state index is 0.143. The lowest BCUT2D eigenvalue weighted by molar-refractivity contribution is -0.146. The van der Waals surface area contributed by atoms with E-state index in [0.717, 1.165) is 38.6 Å². The number of amides is 2. The van der Waals surface area contributed by atoms with Gasteiger partial charge in [-0.3, -0.25) is 0 Å². The van der Waals surface area contributed by atoms with Crippen LogP contribution in [-0.2, 0) is 4.79 Å². The van der Waals surface area contributed by atoms with Crippen molar-refractivity contribution in [3.8, 4) is 0 Å². The number of nitrogens with zero attached hydrogens (tertiary/aromatic N) is 1. The van der Waals surface area contributed by atoms with Crippen LogP contribution < -0.4 is 5.32 Å². The molecule has 3 rings (SSSR count). The number of urea groups is 1. The second-order valence-corrected chi connectivity index (χ2v) is 6.97. The minimum atomic E-state index is -1.03. The predicted molar refractivity (Wildman–Crippen MR) is 79.1 cm³/mol. The van der Waals surface area contributed by atoms with Crippen molar-refractivity contribution in [3.63, 3.8) is 0 Å². The first kappa shape index (κ1) is 14.7. The van der Waals surface area contributed by atoms with E-state index >= 15 is 0 Å². The maximum absolute atomic E-state index is 12.7. The number of nitrogens with one attached hydrogen (secondary N) is 1. The average molecular weight is 294 g/mol. The van der Waals surface area contributed by atoms with Gasteiger partial charge in [-0.15, -0.1) is 0 Å². The van der Waals surface area contributed by atoms with Gasteiger partial charge in [-0.25, -0.2) is 9.59 Å². The fourth-order valence-electron chi connectivity index (χ4n) is 4.53. The van der Waals surface area contributed by atoms with Crippen molar-refractivity contribution in [1.29, 1.82) is 0 Å². The summed E-state index contributed by atoms with van der Waals surface area (Å²) in [5.41, 5.74) is -1.03. The van der Waals surface area contributed by atoms with E-state index in [1.165, 1.54) is 19.3 Å². The van der Waals surface area contributed by atoms with E-state index in [9.17, 15) is 14.7 Å². The molecule has 2 atom stereocenters. The van der Waals surface area contributed by atoms with E-state index in [1.54, 1.807) is 0 Å². The fraction of sp³-hybridized carbons (Fsp3) is 0.875. The van der Waals surface area contributed by atoms with Crippen molar-refractivity contribution in [2.45, 2.75) is 75.8 Å². The molecule has 1 aliphatic heterocycles. The standard InChI is InChI=1S/C16H26N2O3/c19-14(20)16(9-2-1-3-10-16)17-15(21)18-11-5-7-12-6-4-8-13(12)18/h12-13H,1-11H2,(H,17,21)(H,19,20). The van der Waals surface area contributed by atoms with Gasteiger partial charge in [0.1, 0.15) is 5.54 Å². The van der Waals surface area contributed by atoms with Gasteiger partial charge in [0.25, 0.3) is 0 Å². The molecule has 0 aromatic carbocycles. The SMILES string of the molecule is O=C(NC1(C(=O)O)CCCCC1)N1CCCC2CCCC21. The number of carbonyl (C=O) groups is 2. The van der Waals surface area contributed by atoms with Crippen LogP contribution in [0.5, 0.6) is 0 Å². The van der Waals surface area contributed by atoms with Crippen molar-refractivity contribution < 1.29 is 14.7 Å². The maximum atomic E-state index is 12.7. The van der Waals surface area contributed by atoms with E-state index in [4.69, 9.17) is 0 Å². The molecule has 3 fully saturated rings. The molecule has 2 unspecified atom stereocenters. The van der Waals surface area contributed by atoms with Crippen LogP contribution in [0.15, 0.2) is 0 Å². The summed E-state index contributed by atoms with van der Waals surface area (Å²) in [4.78, 5) is 26.3. The van der Waals surface area contributed by atoms with Gasteiger partial charge in [0.2, 0.25) is 0 Å². The summed E-state index contributed by atoms with van der Waals surface area (Å²) in [7, 11) is 0. The molecule has 5 nitrogen and oxygen atoms in total. The Hall–Kier alpha value is -1.26. The third-order valence-corrected chi connectivity index (χ3v) is 5.72. The van der Waals surface area contributed by atoms with E-state index < -0.39 is 11.5 Å². The van der Waals surface area contributed by atoms with Crippen LogP contribution >= 0.6 is 0 Å². The molecule has 1 saturated heterocycles. The number of carboxylic acids is 1. The van der Waals surface area contributed by atoms with Crippen LogP contribution in [0, 0.1) is 5.92 Å². The number of fused-ring (bicyclic) bond motifs is 1. The lowest BCUT2D eigenvalue weighted by Gasteiger charge is -2.41. The van der Waals surface area contributed by atoms with E-state index in [0.29, 0.717) is 24.8 Å². The molecule has 21 heavy (non-hydrogen) atoms. The molecule has 0 radical (unpaired) electrons. The number of carboxylic acid groups (broad SMARTS) is 1. The second-order valence-electron chi connectivity index (χ2n) is 6.97. The van der Waals surface area contributed by atoms with Crippen LogP contribution in [0.2, 0.25) is 0 Å². The average Bonchev–Trinajstić information content (AvgIpc) is 2.96. The molecule has 2 N–H and O–H groups in total. The summed E-state index contributed by atoms with van der Waals surface area (Å²) in [6, 6.07) is 0.198. The molecule has 0 spiro atoms. The van der Waals surface area contributed by atoms with Crippen LogP contribution in [-0.4, -0.2) is 40.1 Å². The molecule has 118 valence electrons. The van der Waals surface area contributed by atoms with Crippen LogP contribution in [0.4, 0.5) is 4.79 Å². The molecule has 2 saturated carbocycles. The third-order valence-electron chi connectivity index (χ3n) is 5.72. The Morgan fingerprint density at radius 1 is 1.00 bits per heavy atom. The topological polar surface area (TPSA) is 69.6 Å². The summed E-state index contributed by atoms with van der Waals surface area (Å²) in [5.74, 6) is -0.229. The number of hydrogen-bond acceptors (Lipinski definition) is 2. The van der Waals surface area contributed by atoms with Crippen LogP contribution in [0.1, 0.15) is 64.2 Å². The van der Waals surface area contributed by atoms with Crippen LogP contribution in [0.3, 0.4) is 0 Å². The van der Waals surface area contributed by atoms with Gasteiger partial charge < -0.3 is 15.3 Å². The lowest BCUT2D eigenvalue weighted by Crippen LogP contribution is -2.61. The first-order valence-electron chi connectivity index (χ1n) is 8.45. The zero-order valence-corrected chi connectivity index (χ0v) is 12.6. The summed E-state index contributed by atoms with van der Waals surface area (Å²) < 4.78 is 0. The first-order chi connectivity index (χ1) is 10.1. The van der Waals surface area contributed by atoms with Gasteiger partial charge in [-0.05, 0) is 44.4 Å². The van der Waals surface area contributed by atoms with E-state index in [-0.39, 0.29) is 6.03 Å². The number of carbonyl (C=O) groups excluding carboxylic acids is 1. The molecular weight excluding hydrogens is 268 g/mol. The van der Waals surface area contributed by atoms with Gasteiger partial charge in [-0.1, -0.05) is 25.7 Å². The Balaban J connectivity index is 1.70. The van der Waals surface area contributed by atoms with Crippen molar-refractivity contribution in [1.82, 2.24) is 10.2 Å². The molecular formula is C16H26N2O3. The Labute approximate surface area is 126 Å². The predicted octanol–water partition coefficient (Wildman–Crippen LogP) is 2.75. The Morgan fingerprint density at radius 2 is 1.71 bits per heavy atom. The number of likely N-dealkylation sites (tertiary alicyclic amines) is 1. The molecule has 1 heterocycles. The lowest BCUT2D eigenvalue weighted by atomic mass is 9.81. The summed E-state index contributed by atoms with van der Waals surface area (Å²) in [6.07, 6.45) is 9.75. The fourth-order valence-corrected chi connectivity index (χ4v) is 4.53. The van der Waals surface area contributed by atoms with Crippen molar-refractivity contribution in [2.75, 3.05) is 6.54 Å². The summed E-state index contributed by atoms with van der Waals surface area (Å²) in [5, 5.41) is 12.5. The van der Waals surface area contributed by atoms with Gasteiger partial charge in [0.15, 0.2) is 0 Å². The van der Waals surface area contributed by atoms with Crippen molar-refractivity contribution >= 4 is 12.0 Å². The van der Waals surface area contributed by atoms with E-state index in [1.807, 2.05) is 4.90 Å². The molecule has 0 aromatic rings. The highest BCUT2D eigenvalue weighted by Gasteiger charge is 2.44. The molecule has 3 aliphatic rings. The summed E-state index contributed by atoms with van der Waals surface area (Å²) in [6.45, 7) is 0.780. The second kappa shape index (κ2) is 5.85. The monoisotopic (exact) mass is 294 g/mol. The first-order valence-corrected chi connectivity index (χ1v) is 8.45.